The van der Waals surface area contributed by atoms with E-state index in [1.165, 1.54) is 0 Å². The minimum Gasteiger partial charge on any atom is -0.396 e. The van der Waals surface area contributed by atoms with Gasteiger partial charge in [-0.25, -0.2) is 0 Å². The molecule has 0 amide bonds. The molecular formula is C9H17NOS. The second kappa shape index (κ2) is 10.8. The predicted octanol–water partition coefficient (Wildman–Crippen LogP) is 0.715. The monoisotopic (exact) mass is 187 g/mol. The smallest absolute Gasteiger partial charge is 0.0576 e. The van der Waals surface area contributed by atoms with Gasteiger partial charge in [0.05, 0.1) is 6.54 Å². The Labute approximate surface area is 79.1 Å². The van der Waals surface area contributed by atoms with E-state index in [1.54, 1.807) is 0 Å². The Morgan fingerprint density at radius 2 is 2.25 bits per heavy atom. The Bertz CT molecular complexity index is 139. The number of aliphatic hydroxyl groups is 1. The van der Waals surface area contributed by atoms with Crippen molar-refractivity contribution in [1.82, 2.24) is 5.32 Å². The van der Waals surface area contributed by atoms with Crippen LogP contribution in [-0.2, 0) is 0 Å². The summed E-state index contributed by atoms with van der Waals surface area (Å²) < 4.78 is 0. The van der Waals surface area contributed by atoms with Crippen LogP contribution in [0.15, 0.2) is 0 Å². The summed E-state index contributed by atoms with van der Waals surface area (Å²) >= 11 is 1.87. The molecule has 70 valence electrons. The van der Waals surface area contributed by atoms with Crippen molar-refractivity contribution < 1.29 is 5.11 Å². The van der Waals surface area contributed by atoms with Crippen molar-refractivity contribution in [2.75, 3.05) is 31.2 Å². The Morgan fingerprint density at radius 3 is 2.92 bits per heavy atom. The second-order valence-electron chi connectivity index (χ2n) is 2.29. The third-order valence-electron chi connectivity index (χ3n) is 1.26. The van der Waals surface area contributed by atoms with Crippen LogP contribution in [0.4, 0.5) is 0 Å². The molecule has 0 rings (SSSR count). The van der Waals surface area contributed by atoms with E-state index in [2.05, 4.69) is 17.2 Å². The number of thioether (sulfide) groups is 1. The van der Waals surface area contributed by atoms with Gasteiger partial charge in [0.2, 0.25) is 0 Å². The molecule has 12 heavy (non-hydrogen) atoms. The Hall–Kier alpha value is -0.170. The number of rotatable bonds is 7. The number of hydrogen-bond acceptors (Lipinski definition) is 3. The molecule has 0 unspecified atom stereocenters. The zero-order valence-corrected chi connectivity index (χ0v) is 8.41. The predicted molar refractivity (Wildman–Crippen MR) is 55.3 cm³/mol. The summed E-state index contributed by atoms with van der Waals surface area (Å²) in [7, 11) is 0. The molecule has 2 nitrogen and oxygen atoms in total. The molecule has 0 atom stereocenters. The van der Waals surface area contributed by atoms with Crippen molar-refractivity contribution in [2.24, 2.45) is 0 Å². The van der Waals surface area contributed by atoms with E-state index in [4.69, 9.17) is 5.11 Å². The highest BCUT2D eigenvalue weighted by atomic mass is 32.2. The van der Waals surface area contributed by atoms with E-state index in [-0.39, 0.29) is 0 Å². The lowest BCUT2D eigenvalue weighted by atomic mass is 10.5. The molecule has 0 saturated heterocycles. The lowest BCUT2D eigenvalue weighted by Gasteiger charge is -1.99. The van der Waals surface area contributed by atoms with Gasteiger partial charge in [-0.3, -0.25) is 0 Å². The summed E-state index contributed by atoms with van der Waals surface area (Å²) in [4.78, 5) is 0. The first-order valence-electron chi connectivity index (χ1n) is 4.20. The van der Waals surface area contributed by atoms with Gasteiger partial charge in [-0.15, -0.1) is 5.92 Å². The standard InChI is InChI=1S/C9H17NOS/c1-2-3-5-10-6-9-12-8-4-7-11/h10-11H,4-9H2,1H3. The maximum atomic E-state index is 8.49. The summed E-state index contributed by atoms with van der Waals surface area (Å²) in [5, 5.41) is 11.7. The lowest BCUT2D eigenvalue weighted by Crippen LogP contribution is -2.17. The van der Waals surface area contributed by atoms with Gasteiger partial charge in [0.15, 0.2) is 0 Å². The van der Waals surface area contributed by atoms with Gasteiger partial charge in [0.25, 0.3) is 0 Å². The molecule has 0 aromatic heterocycles. The van der Waals surface area contributed by atoms with E-state index in [1.807, 2.05) is 18.7 Å². The van der Waals surface area contributed by atoms with Crippen LogP contribution >= 0.6 is 11.8 Å². The Balaban J connectivity index is 2.84. The quantitative estimate of drug-likeness (QED) is 0.455. The molecule has 3 heteroatoms. The fourth-order valence-corrected chi connectivity index (χ4v) is 1.48. The highest BCUT2D eigenvalue weighted by molar-refractivity contribution is 7.99. The van der Waals surface area contributed by atoms with Gasteiger partial charge in [-0.05, 0) is 19.1 Å². The van der Waals surface area contributed by atoms with Crippen molar-refractivity contribution >= 4 is 11.8 Å². The van der Waals surface area contributed by atoms with Crippen LogP contribution in [0, 0.1) is 11.8 Å². The summed E-state index contributed by atoms with van der Waals surface area (Å²) in [5.74, 6) is 7.92. The Kier molecular flexibility index (Phi) is 10.7. The minimum absolute atomic E-state index is 0.307. The highest BCUT2D eigenvalue weighted by Crippen LogP contribution is 1.99. The van der Waals surface area contributed by atoms with Crippen molar-refractivity contribution in [3.8, 4) is 11.8 Å². The summed E-state index contributed by atoms with van der Waals surface area (Å²) in [6, 6.07) is 0. The lowest BCUT2D eigenvalue weighted by molar-refractivity contribution is 0.296. The third-order valence-corrected chi connectivity index (χ3v) is 2.33. The highest BCUT2D eigenvalue weighted by Gasteiger charge is 1.87. The molecule has 0 spiro atoms. The molecule has 0 aliphatic rings. The van der Waals surface area contributed by atoms with E-state index in [0.717, 1.165) is 31.0 Å². The maximum Gasteiger partial charge on any atom is 0.0576 e. The first-order chi connectivity index (χ1) is 5.91. The molecule has 0 aliphatic heterocycles. The number of nitrogens with one attached hydrogen (secondary N) is 1. The summed E-state index contributed by atoms with van der Waals surface area (Å²) in [6.45, 7) is 3.95. The fraction of sp³-hybridized carbons (Fsp3) is 0.778. The molecule has 0 bridgehead atoms. The first-order valence-corrected chi connectivity index (χ1v) is 5.36. The first kappa shape index (κ1) is 11.8. The molecule has 0 aromatic rings. The number of hydrogen-bond donors (Lipinski definition) is 2. The number of aliphatic hydroxyl groups excluding tert-OH is 1. The van der Waals surface area contributed by atoms with Gasteiger partial charge < -0.3 is 10.4 Å². The van der Waals surface area contributed by atoms with Crippen molar-refractivity contribution in [1.29, 1.82) is 0 Å². The zero-order valence-electron chi connectivity index (χ0n) is 7.60. The van der Waals surface area contributed by atoms with Gasteiger partial charge in [-0.1, -0.05) is 5.92 Å². The normalized spacial score (nSPS) is 9.17. The second-order valence-corrected chi connectivity index (χ2v) is 3.52. The average Bonchev–Trinajstić information content (AvgIpc) is 2.10. The topological polar surface area (TPSA) is 32.3 Å². The van der Waals surface area contributed by atoms with Gasteiger partial charge in [0, 0.05) is 18.9 Å². The van der Waals surface area contributed by atoms with Crippen molar-refractivity contribution in [3.63, 3.8) is 0 Å². The van der Waals surface area contributed by atoms with Crippen LogP contribution in [0.5, 0.6) is 0 Å². The zero-order chi connectivity index (χ0) is 9.07. The van der Waals surface area contributed by atoms with E-state index in [0.29, 0.717) is 6.61 Å². The largest absolute Gasteiger partial charge is 0.396 e. The van der Waals surface area contributed by atoms with Crippen LogP contribution in [-0.4, -0.2) is 36.3 Å². The average molecular weight is 187 g/mol. The van der Waals surface area contributed by atoms with E-state index < -0.39 is 0 Å². The van der Waals surface area contributed by atoms with E-state index in [9.17, 15) is 0 Å². The van der Waals surface area contributed by atoms with Crippen LogP contribution in [0.3, 0.4) is 0 Å². The Morgan fingerprint density at radius 1 is 1.42 bits per heavy atom. The molecular weight excluding hydrogens is 170 g/mol. The molecule has 2 N–H and O–H groups in total. The molecule has 0 fully saturated rings. The summed E-state index contributed by atoms with van der Waals surface area (Å²) in [6.07, 6.45) is 0.902. The third kappa shape index (κ3) is 9.83. The van der Waals surface area contributed by atoms with Gasteiger partial charge >= 0.3 is 0 Å². The maximum absolute atomic E-state index is 8.49. The molecule has 0 aromatic carbocycles. The minimum atomic E-state index is 0.307. The van der Waals surface area contributed by atoms with E-state index >= 15 is 0 Å². The van der Waals surface area contributed by atoms with Crippen LogP contribution in [0.25, 0.3) is 0 Å². The SMILES string of the molecule is CC#CCNCCSCCCO. The van der Waals surface area contributed by atoms with Crippen molar-refractivity contribution in [3.05, 3.63) is 0 Å². The van der Waals surface area contributed by atoms with Crippen LogP contribution in [0.2, 0.25) is 0 Å². The molecule has 0 saturated carbocycles. The summed E-state index contributed by atoms with van der Waals surface area (Å²) in [5.41, 5.74) is 0. The molecule has 0 radical (unpaired) electrons. The van der Waals surface area contributed by atoms with Crippen LogP contribution in [0.1, 0.15) is 13.3 Å². The van der Waals surface area contributed by atoms with Gasteiger partial charge in [0.1, 0.15) is 0 Å². The van der Waals surface area contributed by atoms with Crippen LogP contribution < -0.4 is 5.32 Å². The van der Waals surface area contributed by atoms with Gasteiger partial charge in [-0.2, -0.15) is 11.8 Å². The van der Waals surface area contributed by atoms with Crippen molar-refractivity contribution in [2.45, 2.75) is 13.3 Å². The molecule has 0 heterocycles. The molecule has 0 aliphatic carbocycles. The fourth-order valence-electron chi connectivity index (χ4n) is 0.652.